The lowest BCUT2D eigenvalue weighted by Gasteiger charge is -2.13. The molecule has 0 bridgehead atoms. The summed E-state index contributed by atoms with van der Waals surface area (Å²) in [4.78, 5) is 31.1. The van der Waals surface area contributed by atoms with Gasteiger partial charge in [0.15, 0.2) is 0 Å². The maximum absolute atomic E-state index is 12.0. The summed E-state index contributed by atoms with van der Waals surface area (Å²) in [6.07, 6.45) is 7.45. The lowest BCUT2D eigenvalue weighted by atomic mass is 10.1. The highest BCUT2D eigenvalue weighted by atomic mass is 16.4. The minimum Gasteiger partial charge on any atom is -0.480 e. The van der Waals surface area contributed by atoms with Crippen molar-refractivity contribution >= 4 is 11.9 Å². The molecule has 2 aromatic heterocycles. The Hall–Kier alpha value is -2.70. The first-order valence-corrected chi connectivity index (χ1v) is 6.60. The summed E-state index contributed by atoms with van der Waals surface area (Å²) in [6.45, 7) is 1.86. The van der Waals surface area contributed by atoms with Crippen LogP contribution < -0.4 is 5.32 Å². The molecule has 7 nitrogen and oxygen atoms in total. The molecule has 2 heterocycles. The van der Waals surface area contributed by atoms with Crippen molar-refractivity contribution in [3.63, 3.8) is 0 Å². The molecule has 0 aliphatic heterocycles. The third-order valence-corrected chi connectivity index (χ3v) is 2.96. The minimum absolute atomic E-state index is 0.321. The van der Waals surface area contributed by atoms with Crippen LogP contribution in [-0.4, -0.2) is 37.6 Å². The van der Waals surface area contributed by atoms with E-state index in [1.807, 2.05) is 6.92 Å². The molecule has 1 atom stereocenters. The highest BCUT2D eigenvalue weighted by Crippen LogP contribution is 2.06. The van der Waals surface area contributed by atoms with Crippen LogP contribution in [0, 0.1) is 0 Å². The van der Waals surface area contributed by atoms with E-state index in [1.54, 1.807) is 35.4 Å². The van der Waals surface area contributed by atoms with Crippen LogP contribution in [0.1, 0.15) is 30.1 Å². The predicted octanol–water partition coefficient (Wildman–Crippen LogP) is 1.25. The summed E-state index contributed by atoms with van der Waals surface area (Å²) < 4.78 is 1.71. The quantitative estimate of drug-likeness (QED) is 0.833. The number of nitrogens with zero attached hydrogens (tertiary/aromatic N) is 3. The van der Waals surface area contributed by atoms with Gasteiger partial charge in [-0.15, -0.1) is 0 Å². The van der Waals surface area contributed by atoms with E-state index in [-0.39, 0.29) is 0 Å². The van der Waals surface area contributed by atoms with E-state index in [2.05, 4.69) is 15.3 Å². The highest BCUT2D eigenvalue weighted by molar-refractivity contribution is 5.96. The molecule has 7 heteroatoms. The van der Waals surface area contributed by atoms with Gasteiger partial charge in [-0.2, -0.15) is 0 Å². The largest absolute Gasteiger partial charge is 0.480 e. The van der Waals surface area contributed by atoms with Gasteiger partial charge in [0, 0.05) is 18.6 Å². The number of hydrogen-bond acceptors (Lipinski definition) is 4. The lowest BCUT2D eigenvalue weighted by molar-refractivity contribution is -0.139. The number of carboxylic acid groups (broad SMARTS) is 1. The van der Waals surface area contributed by atoms with Crippen molar-refractivity contribution in [2.45, 2.75) is 25.8 Å². The number of amides is 1. The SMILES string of the molecule is CCCC(NC(=O)c1ccc(-n2ccnc2)nc1)C(=O)O. The summed E-state index contributed by atoms with van der Waals surface area (Å²) in [7, 11) is 0. The van der Waals surface area contributed by atoms with Gasteiger partial charge >= 0.3 is 5.97 Å². The number of carbonyl (C=O) groups excluding carboxylic acids is 1. The zero-order valence-electron chi connectivity index (χ0n) is 11.6. The third kappa shape index (κ3) is 3.65. The summed E-state index contributed by atoms with van der Waals surface area (Å²) in [5.41, 5.74) is 0.321. The number of rotatable bonds is 6. The summed E-state index contributed by atoms with van der Waals surface area (Å²) >= 11 is 0. The fourth-order valence-corrected chi connectivity index (χ4v) is 1.86. The molecule has 0 fully saturated rings. The van der Waals surface area contributed by atoms with Gasteiger partial charge < -0.3 is 10.4 Å². The number of aromatic nitrogens is 3. The maximum Gasteiger partial charge on any atom is 0.326 e. The number of hydrogen-bond donors (Lipinski definition) is 2. The van der Waals surface area contributed by atoms with E-state index >= 15 is 0 Å². The Morgan fingerprint density at radius 1 is 1.43 bits per heavy atom. The predicted molar refractivity (Wildman–Crippen MR) is 75.2 cm³/mol. The van der Waals surface area contributed by atoms with Crippen molar-refractivity contribution in [3.05, 3.63) is 42.6 Å². The second kappa shape index (κ2) is 6.65. The van der Waals surface area contributed by atoms with Gasteiger partial charge in [-0.05, 0) is 18.6 Å². The van der Waals surface area contributed by atoms with Crippen molar-refractivity contribution in [2.75, 3.05) is 0 Å². The van der Waals surface area contributed by atoms with Gasteiger partial charge in [0.2, 0.25) is 0 Å². The molecule has 1 unspecified atom stereocenters. The molecular formula is C14H16N4O3. The number of aliphatic carboxylic acids is 1. The van der Waals surface area contributed by atoms with Crippen LogP contribution in [0.15, 0.2) is 37.1 Å². The summed E-state index contributed by atoms with van der Waals surface area (Å²) in [6, 6.07) is 2.39. The van der Waals surface area contributed by atoms with Crippen LogP contribution in [0.3, 0.4) is 0 Å². The Balaban J connectivity index is 2.07. The van der Waals surface area contributed by atoms with E-state index in [1.165, 1.54) is 6.20 Å². The average Bonchev–Trinajstić information content (AvgIpc) is 3.01. The Bertz CT molecular complexity index is 608. The molecule has 0 aromatic carbocycles. The van der Waals surface area contributed by atoms with E-state index in [0.717, 1.165) is 0 Å². The molecule has 2 N–H and O–H groups in total. The molecule has 110 valence electrons. The topological polar surface area (TPSA) is 97.1 Å². The van der Waals surface area contributed by atoms with Gasteiger partial charge in [-0.3, -0.25) is 9.36 Å². The molecule has 1 amide bonds. The third-order valence-electron chi connectivity index (χ3n) is 2.96. The fourth-order valence-electron chi connectivity index (χ4n) is 1.86. The molecule has 0 saturated carbocycles. The molecule has 0 radical (unpaired) electrons. The van der Waals surface area contributed by atoms with Crippen molar-refractivity contribution in [3.8, 4) is 5.82 Å². The fraction of sp³-hybridized carbons (Fsp3) is 0.286. The van der Waals surface area contributed by atoms with Crippen LogP contribution in [-0.2, 0) is 4.79 Å². The average molecular weight is 288 g/mol. The van der Waals surface area contributed by atoms with E-state index in [0.29, 0.717) is 24.2 Å². The van der Waals surface area contributed by atoms with Crippen molar-refractivity contribution in [1.82, 2.24) is 19.9 Å². The molecule has 0 aliphatic rings. The highest BCUT2D eigenvalue weighted by Gasteiger charge is 2.19. The van der Waals surface area contributed by atoms with Crippen molar-refractivity contribution in [2.24, 2.45) is 0 Å². The Labute approximate surface area is 121 Å². The Kier molecular flexibility index (Phi) is 4.65. The molecule has 2 rings (SSSR count). The maximum atomic E-state index is 12.0. The molecule has 0 saturated heterocycles. The second-order valence-corrected chi connectivity index (χ2v) is 4.53. The van der Waals surface area contributed by atoms with Crippen LogP contribution in [0.25, 0.3) is 5.82 Å². The normalized spacial score (nSPS) is 11.9. The Morgan fingerprint density at radius 2 is 2.24 bits per heavy atom. The van der Waals surface area contributed by atoms with E-state index < -0.39 is 17.9 Å². The zero-order chi connectivity index (χ0) is 15.2. The molecule has 0 aliphatic carbocycles. The number of pyridine rings is 1. The lowest BCUT2D eigenvalue weighted by Crippen LogP contribution is -2.40. The number of nitrogens with one attached hydrogen (secondary N) is 1. The zero-order valence-corrected chi connectivity index (χ0v) is 11.6. The van der Waals surface area contributed by atoms with Gasteiger partial charge in [0.1, 0.15) is 18.2 Å². The number of imidazole rings is 1. The van der Waals surface area contributed by atoms with Crippen LogP contribution in [0.5, 0.6) is 0 Å². The smallest absolute Gasteiger partial charge is 0.326 e. The van der Waals surface area contributed by atoms with Gasteiger partial charge in [-0.1, -0.05) is 13.3 Å². The first-order chi connectivity index (χ1) is 10.1. The number of carbonyl (C=O) groups is 2. The van der Waals surface area contributed by atoms with Gasteiger partial charge in [0.05, 0.1) is 5.56 Å². The van der Waals surface area contributed by atoms with E-state index in [4.69, 9.17) is 5.11 Å². The Morgan fingerprint density at radius 3 is 2.76 bits per heavy atom. The second-order valence-electron chi connectivity index (χ2n) is 4.53. The first kappa shape index (κ1) is 14.7. The molecule has 21 heavy (non-hydrogen) atoms. The summed E-state index contributed by atoms with van der Waals surface area (Å²) in [5.74, 6) is -0.846. The van der Waals surface area contributed by atoms with Gasteiger partial charge in [0.25, 0.3) is 5.91 Å². The van der Waals surface area contributed by atoms with E-state index in [9.17, 15) is 9.59 Å². The molecule has 2 aromatic rings. The molecular weight excluding hydrogens is 272 g/mol. The monoisotopic (exact) mass is 288 g/mol. The van der Waals surface area contributed by atoms with Crippen molar-refractivity contribution < 1.29 is 14.7 Å². The standard InChI is InChI=1S/C14H16N4O3/c1-2-3-11(14(20)21)17-13(19)10-4-5-12(16-8-10)18-7-6-15-9-18/h4-9,11H,2-3H2,1H3,(H,17,19)(H,20,21). The van der Waals surface area contributed by atoms with Crippen molar-refractivity contribution in [1.29, 1.82) is 0 Å². The van der Waals surface area contributed by atoms with Gasteiger partial charge in [-0.25, -0.2) is 14.8 Å². The number of carboxylic acids is 1. The van der Waals surface area contributed by atoms with Crippen LogP contribution >= 0.6 is 0 Å². The summed E-state index contributed by atoms with van der Waals surface area (Å²) in [5, 5.41) is 11.5. The van der Waals surface area contributed by atoms with Crippen LogP contribution in [0.2, 0.25) is 0 Å². The molecule has 0 spiro atoms. The minimum atomic E-state index is -1.03. The first-order valence-electron chi connectivity index (χ1n) is 6.60. The van der Waals surface area contributed by atoms with Crippen LogP contribution in [0.4, 0.5) is 0 Å².